The van der Waals surface area contributed by atoms with E-state index in [-0.39, 0.29) is 11.9 Å². The molecule has 3 heteroatoms. The van der Waals surface area contributed by atoms with Gasteiger partial charge in [-0.25, -0.2) is 4.39 Å². The van der Waals surface area contributed by atoms with Crippen LogP contribution >= 0.6 is 0 Å². The third kappa shape index (κ3) is 3.42. The van der Waals surface area contributed by atoms with Crippen molar-refractivity contribution in [3.05, 3.63) is 65.0 Å². The highest BCUT2D eigenvalue weighted by atomic mass is 19.1. The van der Waals surface area contributed by atoms with Crippen molar-refractivity contribution >= 4 is 0 Å². The smallest absolute Gasteiger partial charge is 0.132 e. The van der Waals surface area contributed by atoms with E-state index in [4.69, 9.17) is 4.74 Å². The van der Waals surface area contributed by atoms with Crippen LogP contribution < -0.4 is 10.1 Å². The quantitative estimate of drug-likeness (QED) is 0.864. The van der Waals surface area contributed by atoms with Gasteiger partial charge in [-0.1, -0.05) is 43.7 Å². The Labute approximate surface area is 126 Å². The van der Waals surface area contributed by atoms with Gasteiger partial charge < -0.3 is 10.1 Å². The fourth-order valence-corrected chi connectivity index (χ4v) is 2.62. The number of methoxy groups -OCH3 is 1. The topological polar surface area (TPSA) is 21.3 Å². The lowest BCUT2D eigenvalue weighted by Crippen LogP contribution is -2.19. The summed E-state index contributed by atoms with van der Waals surface area (Å²) in [4.78, 5) is 0. The molecule has 0 bridgehead atoms. The molecule has 1 atom stereocenters. The van der Waals surface area contributed by atoms with Gasteiger partial charge in [-0.05, 0) is 36.7 Å². The summed E-state index contributed by atoms with van der Waals surface area (Å²) in [6.45, 7) is 2.16. The van der Waals surface area contributed by atoms with E-state index < -0.39 is 0 Å². The number of ether oxygens (including phenoxy) is 1. The molecule has 2 aromatic carbocycles. The maximum atomic E-state index is 14.2. The fraction of sp³-hybridized carbons (Fsp3) is 0.333. The molecule has 2 nitrogen and oxygen atoms in total. The van der Waals surface area contributed by atoms with E-state index in [1.54, 1.807) is 19.2 Å². The Balaban J connectivity index is 2.40. The van der Waals surface area contributed by atoms with Crippen molar-refractivity contribution in [2.24, 2.45) is 0 Å². The predicted octanol–water partition coefficient (Wildman–Crippen LogP) is 4.10. The van der Waals surface area contributed by atoms with E-state index in [2.05, 4.69) is 36.5 Å². The van der Waals surface area contributed by atoms with E-state index in [1.807, 2.05) is 7.05 Å². The van der Waals surface area contributed by atoms with Gasteiger partial charge in [0.05, 0.1) is 18.7 Å². The molecular formula is C18H22FNO. The molecule has 2 rings (SSSR count). The molecule has 0 fully saturated rings. The van der Waals surface area contributed by atoms with E-state index in [0.29, 0.717) is 11.3 Å². The van der Waals surface area contributed by atoms with Crippen LogP contribution in [0.5, 0.6) is 5.75 Å². The summed E-state index contributed by atoms with van der Waals surface area (Å²) in [5.41, 5.74) is 2.88. The number of hydrogen-bond donors (Lipinski definition) is 1. The molecule has 1 unspecified atom stereocenters. The average Bonchev–Trinajstić information content (AvgIpc) is 2.51. The van der Waals surface area contributed by atoms with Crippen molar-refractivity contribution in [2.45, 2.75) is 25.8 Å². The maximum absolute atomic E-state index is 14.2. The van der Waals surface area contributed by atoms with Crippen LogP contribution in [0.1, 0.15) is 36.1 Å². The number of benzene rings is 2. The van der Waals surface area contributed by atoms with Crippen molar-refractivity contribution < 1.29 is 9.13 Å². The third-order valence-corrected chi connectivity index (χ3v) is 3.66. The Kier molecular flexibility index (Phi) is 5.34. The van der Waals surface area contributed by atoms with Crippen LogP contribution in [-0.4, -0.2) is 14.2 Å². The molecule has 0 aliphatic carbocycles. The standard InChI is InChI=1S/C18H22FNO/c1-4-6-13-9-11-14(12-10-13)18(20-2)17-15(19)7-5-8-16(17)21-3/h5,7-12,18,20H,4,6H2,1-3H3. The lowest BCUT2D eigenvalue weighted by molar-refractivity contribution is 0.398. The molecule has 21 heavy (non-hydrogen) atoms. The van der Waals surface area contributed by atoms with Gasteiger partial charge in [0.25, 0.3) is 0 Å². The van der Waals surface area contributed by atoms with Gasteiger partial charge in [-0.3, -0.25) is 0 Å². The van der Waals surface area contributed by atoms with Crippen LogP contribution in [0, 0.1) is 5.82 Å². The first-order chi connectivity index (χ1) is 10.2. The Bertz CT molecular complexity index is 580. The highest BCUT2D eigenvalue weighted by molar-refractivity contribution is 5.43. The van der Waals surface area contributed by atoms with Gasteiger partial charge in [0.15, 0.2) is 0 Å². The number of halogens is 1. The highest BCUT2D eigenvalue weighted by Gasteiger charge is 2.20. The lowest BCUT2D eigenvalue weighted by atomic mass is 9.96. The number of aryl methyl sites for hydroxylation is 1. The Morgan fingerprint density at radius 3 is 2.43 bits per heavy atom. The first kappa shape index (κ1) is 15.5. The van der Waals surface area contributed by atoms with Gasteiger partial charge in [-0.2, -0.15) is 0 Å². The van der Waals surface area contributed by atoms with E-state index >= 15 is 0 Å². The first-order valence-electron chi connectivity index (χ1n) is 7.29. The highest BCUT2D eigenvalue weighted by Crippen LogP contribution is 2.32. The molecule has 0 spiro atoms. The molecule has 0 saturated heterocycles. The van der Waals surface area contributed by atoms with Crippen LogP contribution in [0.15, 0.2) is 42.5 Å². The second-order valence-electron chi connectivity index (χ2n) is 5.07. The SMILES string of the molecule is CCCc1ccc(C(NC)c2c(F)cccc2OC)cc1. The molecule has 0 aliphatic heterocycles. The minimum atomic E-state index is -0.258. The normalized spacial score (nSPS) is 12.2. The molecule has 2 aromatic rings. The van der Waals surface area contributed by atoms with Crippen LogP contribution in [0.3, 0.4) is 0 Å². The second-order valence-corrected chi connectivity index (χ2v) is 5.07. The minimum absolute atomic E-state index is 0.225. The van der Waals surface area contributed by atoms with Crippen molar-refractivity contribution in [1.29, 1.82) is 0 Å². The monoisotopic (exact) mass is 287 g/mol. The van der Waals surface area contributed by atoms with Crippen LogP contribution in [0.2, 0.25) is 0 Å². The molecule has 0 radical (unpaired) electrons. The van der Waals surface area contributed by atoms with Gasteiger partial charge >= 0.3 is 0 Å². The maximum Gasteiger partial charge on any atom is 0.132 e. The Morgan fingerprint density at radius 2 is 1.86 bits per heavy atom. The summed E-state index contributed by atoms with van der Waals surface area (Å²) in [6, 6.07) is 13.0. The summed E-state index contributed by atoms with van der Waals surface area (Å²) in [5, 5.41) is 3.18. The fourth-order valence-electron chi connectivity index (χ4n) is 2.62. The third-order valence-electron chi connectivity index (χ3n) is 3.66. The van der Waals surface area contributed by atoms with Crippen molar-refractivity contribution in [2.75, 3.05) is 14.2 Å². The van der Waals surface area contributed by atoms with E-state index in [9.17, 15) is 4.39 Å². The summed E-state index contributed by atoms with van der Waals surface area (Å²) in [6.07, 6.45) is 2.18. The van der Waals surface area contributed by atoms with Crippen molar-refractivity contribution in [3.63, 3.8) is 0 Å². The second kappa shape index (κ2) is 7.23. The zero-order chi connectivity index (χ0) is 15.2. The Morgan fingerprint density at radius 1 is 1.14 bits per heavy atom. The van der Waals surface area contributed by atoms with Gasteiger partial charge in [0.1, 0.15) is 11.6 Å². The van der Waals surface area contributed by atoms with Crippen LogP contribution in [-0.2, 0) is 6.42 Å². The summed E-state index contributed by atoms with van der Waals surface area (Å²) >= 11 is 0. The number of nitrogens with one attached hydrogen (secondary N) is 1. The molecule has 0 saturated carbocycles. The van der Waals surface area contributed by atoms with Gasteiger partial charge in [-0.15, -0.1) is 0 Å². The van der Waals surface area contributed by atoms with Gasteiger partial charge in [0, 0.05) is 0 Å². The summed E-state index contributed by atoms with van der Waals surface area (Å²) < 4.78 is 19.6. The van der Waals surface area contributed by atoms with Crippen LogP contribution in [0.25, 0.3) is 0 Å². The molecule has 0 heterocycles. The van der Waals surface area contributed by atoms with Crippen LogP contribution in [0.4, 0.5) is 4.39 Å². The molecule has 1 N–H and O–H groups in total. The minimum Gasteiger partial charge on any atom is -0.496 e. The summed E-state index contributed by atoms with van der Waals surface area (Å²) in [5.74, 6) is 0.304. The zero-order valence-electron chi connectivity index (χ0n) is 12.8. The number of rotatable bonds is 6. The van der Waals surface area contributed by atoms with Crippen molar-refractivity contribution in [1.82, 2.24) is 5.32 Å². The Hall–Kier alpha value is -1.87. The summed E-state index contributed by atoms with van der Waals surface area (Å²) in [7, 11) is 3.39. The van der Waals surface area contributed by atoms with E-state index in [0.717, 1.165) is 18.4 Å². The van der Waals surface area contributed by atoms with Crippen molar-refractivity contribution in [3.8, 4) is 5.75 Å². The molecular weight excluding hydrogens is 265 g/mol. The molecule has 0 aliphatic rings. The largest absolute Gasteiger partial charge is 0.496 e. The number of hydrogen-bond acceptors (Lipinski definition) is 2. The predicted molar refractivity (Wildman–Crippen MR) is 84.3 cm³/mol. The average molecular weight is 287 g/mol. The molecule has 112 valence electrons. The molecule has 0 amide bonds. The van der Waals surface area contributed by atoms with Gasteiger partial charge in [0.2, 0.25) is 0 Å². The molecule has 0 aromatic heterocycles. The zero-order valence-corrected chi connectivity index (χ0v) is 12.8. The first-order valence-corrected chi connectivity index (χ1v) is 7.29. The lowest BCUT2D eigenvalue weighted by Gasteiger charge is -2.20. The van der Waals surface area contributed by atoms with E-state index in [1.165, 1.54) is 11.6 Å².